The number of aromatic amines is 1. The highest BCUT2D eigenvalue weighted by molar-refractivity contribution is 5.93. The fourth-order valence-electron chi connectivity index (χ4n) is 3.02. The Balaban J connectivity index is 1.39. The first-order valence-electron chi connectivity index (χ1n) is 8.96. The van der Waals surface area contributed by atoms with Crippen molar-refractivity contribution in [3.63, 3.8) is 0 Å². The summed E-state index contributed by atoms with van der Waals surface area (Å²) in [5.74, 6) is 1.37. The molecule has 1 amide bonds. The third-order valence-electron chi connectivity index (χ3n) is 4.43. The monoisotopic (exact) mass is 377 g/mol. The SMILES string of the molecule is O=C(N[C@H]1COc2ccccc2C1)c1cnc(COc2ccccc2)[nH]c1=O. The lowest BCUT2D eigenvalue weighted by Gasteiger charge is -2.25. The maximum Gasteiger partial charge on any atom is 0.263 e. The average molecular weight is 377 g/mol. The fourth-order valence-corrected chi connectivity index (χ4v) is 3.02. The molecule has 0 radical (unpaired) electrons. The minimum absolute atomic E-state index is 0.0395. The Bertz CT molecular complexity index is 1030. The van der Waals surface area contributed by atoms with E-state index in [4.69, 9.17) is 9.47 Å². The molecule has 1 atom stereocenters. The van der Waals surface area contributed by atoms with Crippen molar-refractivity contribution in [2.24, 2.45) is 0 Å². The second kappa shape index (κ2) is 7.96. The van der Waals surface area contributed by atoms with Gasteiger partial charge in [0, 0.05) is 6.20 Å². The molecule has 28 heavy (non-hydrogen) atoms. The number of hydrogen-bond donors (Lipinski definition) is 2. The molecule has 1 aliphatic rings. The Kier molecular flexibility index (Phi) is 5.05. The third kappa shape index (κ3) is 4.03. The van der Waals surface area contributed by atoms with Crippen LogP contribution in [0.4, 0.5) is 0 Å². The van der Waals surface area contributed by atoms with Crippen molar-refractivity contribution in [3.8, 4) is 11.5 Å². The summed E-state index contributed by atoms with van der Waals surface area (Å²) in [6.07, 6.45) is 1.92. The molecule has 0 bridgehead atoms. The Morgan fingerprint density at radius 2 is 1.96 bits per heavy atom. The summed E-state index contributed by atoms with van der Waals surface area (Å²) in [5.41, 5.74) is 0.484. The van der Waals surface area contributed by atoms with Crippen LogP contribution in [0.2, 0.25) is 0 Å². The number of para-hydroxylation sites is 2. The molecule has 7 nitrogen and oxygen atoms in total. The Hall–Kier alpha value is -3.61. The molecule has 7 heteroatoms. The molecule has 2 heterocycles. The number of carbonyl (C=O) groups is 1. The van der Waals surface area contributed by atoms with E-state index in [1.807, 2.05) is 54.6 Å². The van der Waals surface area contributed by atoms with Crippen molar-refractivity contribution in [1.82, 2.24) is 15.3 Å². The Morgan fingerprint density at radius 1 is 1.18 bits per heavy atom. The quantitative estimate of drug-likeness (QED) is 0.710. The molecule has 0 fully saturated rings. The van der Waals surface area contributed by atoms with Crippen molar-refractivity contribution < 1.29 is 14.3 Å². The van der Waals surface area contributed by atoms with Crippen LogP contribution < -0.4 is 20.3 Å². The summed E-state index contributed by atoms with van der Waals surface area (Å²) in [6, 6.07) is 16.7. The van der Waals surface area contributed by atoms with Gasteiger partial charge < -0.3 is 19.8 Å². The molecule has 142 valence electrons. The molecule has 0 spiro atoms. The normalized spacial score (nSPS) is 15.2. The summed E-state index contributed by atoms with van der Waals surface area (Å²) in [4.78, 5) is 31.5. The molecule has 0 aliphatic carbocycles. The van der Waals surface area contributed by atoms with Gasteiger partial charge in [-0.15, -0.1) is 0 Å². The summed E-state index contributed by atoms with van der Waals surface area (Å²) < 4.78 is 11.2. The molecular weight excluding hydrogens is 358 g/mol. The first-order valence-corrected chi connectivity index (χ1v) is 8.96. The number of nitrogens with zero attached hydrogens (tertiary/aromatic N) is 1. The van der Waals surface area contributed by atoms with Gasteiger partial charge in [-0.05, 0) is 30.2 Å². The van der Waals surface area contributed by atoms with E-state index in [2.05, 4.69) is 15.3 Å². The van der Waals surface area contributed by atoms with Crippen molar-refractivity contribution in [1.29, 1.82) is 0 Å². The zero-order valence-electron chi connectivity index (χ0n) is 15.1. The summed E-state index contributed by atoms with van der Waals surface area (Å²) in [5, 5.41) is 2.84. The number of ether oxygens (including phenoxy) is 2. The van der Waals surface area contributed by atoms with Gasteiger partial charge in [0.05, 0.1) is 6.04 Å². The average Bonchev–Trinajstić information content (AvgIpc) is 2.73. The largest absolute Gasteiger partial charge is 0.491 e. The van der Waals surface area contributed by atoms with E-state index in [0.29, 0.717) is 24.6 Å². The van der Waals surface area contributed by atoms with E-state index in [1.54, 1.807) is 0 Å². The minimum Gasteiger partial charge on any atom is -0.491 e. The lowest BCUT2D eigenvalue weighted by atomic mass is 10.0. The van der Waals surface area contributed by atoms with E-state index in [-0.39, 0.29) is 18.2 Å². The van der Waals surface area contributed by atoms with Gasteiger partial charge in [0.15, 0.2) is 0 Å². The first-order chi connectivity index (χ1) is 13.7. The summed E-state index contributed by atoms with van der Waals surface area (Å²) in [6.45, 7) is 0.464. The van der Waals surface area contributed by atoms with E-state index < -0.39 is 11.5 Å². The van der Waals surface area contributed by atoms with Crippen LogP contribution in [0.3, 0.4) is 0 Å². The standard InChI is InChI=1S/C21H19N3O4/c25-20(23-15-10-14-6-4-5-9-18(14)28-12-15)17-11-22-19(24-21(17)26)13-27-16-7-2-1-3-8-16/h1-9,11,15H,10,12-13H2,(H,23,25)(H,22,24,26)/t15-/m1/s1. The zero-order valence-corrected chi connectivity index (χ0v) is 15.1. The number of benzene rings is 2. The van der Waals surface area contributed by atoms with Gasteiger partial charge in [0.25, 0.3) is 11.5 Å². The van der Waals surface area contributed by atoms with Gasteiger partial charge in [-0.25, -0.2) is 4.98 Å². The first kappa shape index (κ1) is 17.8. The predicted molar refractivity (Wildman–Crippen MR) is 103 cm³/mol. The number of H-pyrrole nitrogens is 1. The van der Waals surface area contributed by atoms with Gasteiger partial charge in [0.1, 0.15) is 36.1 Å². The van der Waals surface area contributed by atoms with Crippen LogP contribution in [0.25, 0.3) is 0 Å². The number of carbonyl (C=O) groups excluding carboxylic acids is 1. The van der Waals surface area contributed by atoms with E-state index in [1.165, 1.54) is 6.20 Å². The third-order valence-corrected chi connectivity index (χ3v) is 4.43. The number of amides is 1. The molecule has 3 aromatic rings. The van der Waals surface area contributed by atoms with E-state index >= 15 is 0 Å². The van der Waals surface area contributed by atoms with Crippen molar-refractivity contribution in [2.75, 3.05) is 6.61 Å². The van der Waals surface area contributed by atoms with E-state index in [9.17, 15) is 9.59 Å². The maximum absolute atomic E-state index is 12.5. The van der Waals surface area contributed by atoms with Crippen molar-refractivity contribution in [3.05, 3.63) is 88.1 Å². The second-order valence-electron chi connectivity index (χ2n) is 6.47. The maximum atomic E-state index is 12.5. The molecule has 2 N–H and O–H groups in total. The highest BCUT2D eigenvalue weighted by Gasteiger charge is 2.23. The highest BCUT2D eigenvalue weighted by Crippen LogP contribution is 2.23. The van der Waals surface area contributed by atoms with Gasteiger partial charge in [-0.1, -0.05) is 36.4 Å². The van der Waals surface area contributed by atoms with Crippen LogP contribution in [0.1, 0.15) is 21.7 Å². The number of nitrogens with one attached hydrogen (secondary N) is 2. The number of hydrogen-bond acceptors (Lipinski definition) is 5. The van der Waals surface area contributed by atoms with Crippen LogP contribution in [-0.2, 0) is 13.0 Å². The van der Waals surface area contributed by atoms with Crippen LogP contribution >= 0.6 is 0 Å². The fraction of sp³-hybridized carbons (Fsp3) is 0.190. The predicted octanol–water partition coefficient (Wildman–Crippen LogP) is 2.08. The van der Waals surface area contributed by atoms with Crippen molar-refractivity contribution >= 4 is 5.91 Å². The molecule has 0 unspecified atom stereocenters. The van der Waals surface area contributed by atoms with Crippen LogP contribution in [0.15, 0.2) is 65.6 Å². The molecule has 0 saturated carbocycles. The van der Waals surface area contributed by atoms with Gasteiger partial charge >= 0.3 is 0 Å². The molecule has 1 aliphatic heterocycles. The van der Waals surface area contributed by atoms with Crippen LogP contribution in [0.5, 0.6) is 11.5 Å². The number of fused-ring (bicyclic) bond motifs is 1. The summed E-state index contributed by atoms with van der Waals surface area (Å²) in [7, 11) is 0. The van der Waals surface area contributed by atoms with Crippen molar-refractivity contribution in [2.45, 2.75) is 19.1 Å². The Morgan fingerprint density at radius 3 is 2.79 bits per heavy atom. The topological polar surface area (TPSA) is 93.3 Å². The molecular formula is C21H19N3O4. The molecule has 2 aromatic carbocycles. The molecule has 1 aromatic heterocycles. The molecule has 0 saturated heterocycles. The van der Waals surface area contributed by atoms with Gasteiger partial charge in [-0.2, -0.15) is 0 Å². The highest BCUT2D eigenvalue weighted by atomic mass is 16.5. The van der Waals surface area contributed by atoms with Gasteiger partial charge in [-0.3, -0.25) is 9.59 Å². The van der Waals surface area contributed by atoms with Gasteiger partial charge in [0.2, 0.25) is 0 Å². The minimum atomic E-state index is -0.503. The summed E-state index contributed by atoms with van der Waals surface area (Å²) >= 11 is 0. The zero-order chi connectivity index (χ0) is 19.3. The number of rotatable bonds is 5. The smallest absolute Gasteiger partial charge is 0.263 e. The lowest BCUT2D eigenvalue weighted by Crippen LogP contribution is -2.44. The number of aromatic nitrogens is 2. The van der Waals surface area contributed by atoms with E-state index in [0.717, 1.165) is 11.3 Å². The van der Waals surface area contributed by atoms with Crippen LogP contribution in [0, 0.1) is 0 Å². The van der Waals surface area contributed by atoms with Crippen LogP contribution in [-0.4, -0.2) is 28.5 Å². The Labute approximate surface area is 161 Å². The molecule has 4 rings (SSSR count). The lowest BCUT2D eigenvalue weighted by molar-refractivity contribution is 0.0913. The second-order valence-corrected chi connectivity index (χ2v) is 6.47.